The Morgan fingerprint density at radius 1 is 0.543 bits per heavy atom. The number of aromatic nitrogens is 3. The van der Waals surface area contributed by atoms with Crippen molar-refractivity contribution in [1.82, 2.24) is 14.5 Å². The van der Waals surface area contributed by atoms with Gasteiger partial charge < -0.3 is 14.6 Å². The first kappa shape index (κ1) is 26.2. The molecule has 46 heavy (non-hydrogen) atoms. The van der Waals surface area contributed by atoms with Crippen LogP contribution in [-0.4, -0.2) is 14.5 Å². The number of fused-ring (bicyclic) bond motifs is 5. The molecule has 3 heterocycles. The first-order valence-electron chi connectivity index (χ1n) is 15.5. The zero-order valence-corrected chi connectivity index (χ0v) is 24.8. The minimum Gasteiger partial charge on any atom is -0.464 e. The molecule has 0 saturated heterocycles. The lowest BCUT2D eigenvalue weighted by Crippen LogP contribution is -2.09. The highest BCUT2D eigenvalue weighted by molar-refractivity contribution is 6.14. The number of hydrogen-bond acceptors (Lipinski definition) is 4. The van der Waals surface area contributed by atoms with E-state index >= 15 is 0 Å². The van der Waals surface area contributed by atoms with Crippen molar-refractivity contribution in [2.75, 3.05) is 5.32 Å². The minimum atomic E-state index is -0.234. The van der Waals surface area contributed by atoms with Gasteiger partial charge >= 0.3 is 0 Å². The molecule has 2 aromatic heterocycles. The van der Waals surface area contributed by atoms with Crippen LogP contribution in [0.2, 0.25) is 0 Å². The topological polar surface area (TPSA) is 52.0 Å². The Morgan fingerprint density at radius 2 is 1.20 bits per heavy atom. The molecule has 6 aromatic carbocycles. The second kappa shape index (κ2) is 10.8. The highest BCUT2D eigenvalue weighted by Crippen LogP contribution is 2.47. The molecule has 1 unspecified atom stereocenters. The van der Waals surface area contributed by atoms with E-state index < -0.39 is 0 Å². The van der Waals surface area contributed by atoms with Gasteiger partial charge in [-0.15, -0.1) is 0 Å². The average Bonchev–Trinajstić information content (AvgIpc) is 3.72. The molecular formula is C41H28N4O. The molecule has 0 saturated carbocycles. The number of anilines is 1. The Morgan fingerprint density at radius 3 is 1.98 bits per heavy atom. The third kappa shape index (κ3) is 4.41. The quantitative estimate of drug-likeness (QED) is 0.216. The van der Waals surface area contributed by atoms with E-state index in [-0.39, 0.29) is 6.23 Å². The number of ether oxygens (including phenoxy) is 1. The van der Waals surface area contributed by atoms with Gasteiger partial charge in [0.25, 0.3) is 0 Å². The molecule has 218 valence electrons. The Balaban J connectivity index is 1.20. The number of nitrogens with one attached hydrogen (secondary N) is 1. The standard InChI is InChI=1S/C41H28N4O/c1-4-13-27(14-5-1)34-26-35(43-40(42-34)28-15-6-2-7-16-28)30-19-12-20-31(25-30)45-36-22-11-10-21-32(36)38-37(45)24-23-33-39(38)46-41(44-33)29-17-8-3-9-18-29/h1-26,41,44H. The highest BCUT2D eigenvalue weighted by Gasteiger charge is 2.28. The predicted octanol–water partition coefficient (Wildman–Crippen LogP) is 10.1. The zero-order valence-electron chi connectivity index (χ0n) is 24.8. The summed E-state index contributed by atoms with van der Waals surface area (Å²) in [5, 5.41) is 5.83. The number of benzene rings is 6. The lowest BCUT2D eigenvalue weighted by Gasteiger charge is -2.12. The van der Waals surface area contributed by atoms with Crippen molar-refractivity contribution in [2.45, 2.75) is 6.23 Å². The van der Waals surface area contributed by atoms with Crippen LogP contribution in [0.1, 0.15) is 11.8 Å². The van der Waals surface area contributed by atoms with Gasteiger partial charge in [-0.1, -0.05) is 121 Å². The SMILES string of the molecule is c1ccc(-c2cc(-c3cccc(-n4c5ccccc5c5c6c(ccc54)NC(c4ccccc4)O6)c3)nc(-c3ccccc3)n2)cc1. The van der Waals surface area contributed by atoms with Gasteiger partial charge in [-0.05, 0) is 36.4 Å². The average molecular weight is 593 g/mol. The lowest BCUT2D eigenvalue weighted by molar-refractivity contribution is 0.263. The summed E-state index contributed by atoms with van der Waals surface area (Å²) in [4.78, 5) is 10.1. The summed E-state index contributed by atoms with van der Waals surface area (Å²) in [7, 11) is 0. The van der Waals surface area contributed by atoms with E-state index in [1.165, 1.54) is 0 Å². The largest absolute Gasteiger partial charge is 0.464 e. The van der Waals surface area contributed by atoms with Gasteiger partial charge in [0.05, 0.1) is 33.5 Å². The van der Waals surface area contributed by atoms with Gasteiger partial charge in [-0.25, -0.2) is 9.97 Å². The molecule has 1 N–H and O–H groups in total. The van der Waals surface area contributed by atoms with Crippen LogP contribution in [-0.2, 0) is 0 Å². The minimum absolute atomic E-state index is 0.234. The van der Waals surface area contributed by atoms with Gasteiger partial charge in [0.1, 0.15) is 0 Å². The van der Waals surface area contributed by atoms with Gasteiger partial charge in [0.2, 0.25) is 0 Å². The molecule has 1 aliphatic rings. The van der Waals surface area contributed by atoms with Crippen LogP contribution in [0, 0.1) is 0 Å². The third-order valence-electron chi connectivity index (χ3n) is 8.64. The third-order valence-corrected chi connectivity index (χ3v) is 8.64. The number of nitrogens with zero attached hydrogens (tertiary/aromatic N) is 3. The van der Waals surface area contributed by atoms with Crippen LogP contribution < -0.4 is 10.1 Å². The van der Waals surface area contributed by atoms with E-state index in [2.05, 4.69) is 113 Å². The van der Waals surface area contributed by atoms with Crippen molar-refractivity contribution in [1.29, 1.82) is 0 Å². The predicted molar refractivity (Wildman–Crippen MR) is 186 cm³/mol. The summed E-state index contributed by atoms with van der Waals surface area (Å²) < 4.78 is 8.95. The molecular weight excluding hydrogens is 564 g/mol. The Bertz CT molecular complexity index is 2310. The van der Waals surface area contributed by atoms with E-state index in [1.54, 1.807) is 0 Å². The second-order valence-corrected chi connectivity index (χ2v) is 11.5. The van der Waals surface area contributed by atoms with Crippen molar-refractivity contribution in [3.05, 3.63) is 163 Å². The molecule has 1 aliphatic heterocycles. The van der Waals surface area contributed by atoms with Crippen LogP contribution in [0.4, 0.5) is 5.69 Å². The summed E-state index contributed by atoms with van der Waals surface area (Å²) in [5.41, 5.74) is 10.2. The molecule has 5 nitrogen and oxygen atoms in total. The molecule has 0 fully saturated rings. The fraction of sp³-hybridized carbons (Fsp3) is 0.0244. The number of para-hydroxylation sites is 1. The summed E-state index contributed by atoms with van der Waals surface area (Å²) in [6, 6.07) is 54.3. The van der Waals surface area contributed by atoms with Crippen molar-refractivity contribution in [3.8, 4) is 45.3 Å². The molecule has 0 bridgehead atoms. The highest BCUT2D eigenvalue weighted by atomic mass is 16.5. The van der Waals surface area contributed by atoms with Crippen LogP contribution in [0.5, 0.6) is 5.75 Å². The summed E-state index contributed by atoms with van der Waals surface area (Å²) in [5.74, 6) is 1.58. The number of rotatable bonds is 5. The molecule has 1 atom stereocenters. The van der Waals surface area contributed by atoms with Gasteiger partial charge in [0, 0.05) is 33.3 Å². The van der Waals surface area contributed by atoms with Crippen LogP contribution in [0.25, 0.3) is 61.4 Å². The van der Waals surface area contributed by atoms with Gasteiger partial charge in [-0.3, -0.25) is 0 Å². The number of hydrogen-bond donors (Lipinski definition) is 1. The van der Waals surface area contributed by atoms with E-state index in [0.717, 1.165) is 72.6 Å². The fourth-order valence-corrected chi connectivity index (χ4v) is 6.48. The zero-order chi connectivity index (χ0) is 30.5. The van der Waals surface area contributed by atoms with Gasteiger partial charge in [-0.2, -0.15) is 0 Å². The van der Waals surface area contributed by atoms with Gasteiger partial charge in [0.15, 0.2) is 17.8 Å². The summed E-state index contributed by atoms with van der Waals surface area (Å²) in [6.07, 6.45) is -0.234. The lowest BCUT2D eigenvalue weighted by atomic mass is 10.1. The maximum atomic E-state index is 6.63. The van der Waals surface area contributed by atoms with Crippen molar-refractivity contribution in [3.63, 3.8) is 0 Å². The molecule has 0 aliphatic carbocycles. The maximum absolute atomic E-state index is 6.63. The summed E-state index contributed by atoms with van der Waals surface area (Å²) >= 11 is 0. The first-order valence-corrected chi connectivity index (χ1v) is 15.5. The molecule has 5 heteroatoms. The monoisotopic (exact) mass is 592 g/mol. The van der Waals surface area contributed by atoms with E-state index in [0.29, 0.717) is 5.82 Å². The van der Waals surface area contributed by atoms with E-state index in [9.17, 15) is 0 Å². The normalized spacial score (nSPS) is 13.8. The second-order valence-electron chi connectivity index (χ2n) is 11.5. The molecule has 0 spiro atoms. The van der Waals surface area contributed by atoms with Crippen molar-refractivity contribution >= 4 is 27.5 Å². The smallest absolute Gasteiger partial charge is 0.196 e. The Labute approximate surface area is 266 Å². The Hall–Kier alpha value is -6.20. The Kier molecular flexibility index (Phi) is 6.13. The first-order chi connectivity index (χ1) is 22.8. The molecule has 9 rings (SSSR count). The van der Waals surface area contributed by atoms with Crippen LogP contribution in [0.3, 0.4) is 0 Å². The van der Waals surface area contributed by atoms with Crippen LogP contribution in [0.15, 0.2) is 158 Å². The molecule has 0 amide bonds. The fourth-order valence-electron chi connectivity index (χ4n) is 6.48. The van der Waals surface area contributed by atoms with Crippen molar-refractivity contribution < 1.29 is 4.74 Å². The van der Waals surface area contributed by atoms with Crippen LogP contribution >= 0.6 is 0 Å². The molecule has 0 radical (unpaired) electrons. The maximum Gasteiger partial charge on any atom is 0.196 e. The molecule has 8 aromatic rings. The van der Waals surface area contributed by atoms with Crippen molar-refractivity contribution in [2.24, 2.45) is 0 Å². The summed E-state index contributed by atoms with van der Waals surface area (Å²) in [6.45, 7) is 0. The van der Waals surface area contributed by atoms with E-state index in [1.807, 2.05) is 54.6 Å². The van der Waals surface area contributed by atoms with E-state index in [4.69, 9.17) is 14.7 Å².